The summed E-state index contributed by atoms with van der Waals surface area (Å²) in [5, 5.41) is 2.77. The maximum absolute atomic E-state index is 12.9. The summed E-state index contributed by atoms with van der Waals surface area (Å²) in [6, 6.07) is 5.74. The molecule has 6 nitrogen and oxygen atoms in total. The van der Waals surface area contributed by atoms with Crippen LogP contribution in [0.1, 0.15) is 21.8 Å². The lowest BCUT2D eigenvalue weighted by Gasteiger charge is -2.20. The monoisotopic (exact) mass is 463 g/mol. The van der Waals surface area contributed by atoms with Crippen molar-refractivity contribution in [2.45, 2.75) is 26.1 Å². The molecular weight excluding hydrogens is 443 g/mol. The van der Waals surface area contributed by atoms with Gasteiger partial charge in [-0.25, -0.2) is 4.98 Å². The van der Waals surface area contributed by atoms with Crippen LogP contribution in [0.5, 0.6) is 11.5 Å². The van der Waals surface area contributed by atoms with Crippen molar-refractivity contribution in [3.63, 3.8) is 0 Å². The second-order valence-corrected chi connectivity index (χ2v) is 8.36. The molecule has 0 bridgehead atoms. The molecule has 1 aliphatic rings. The van der Waals surface area contributed by atoms with Gasteiger partial charge in [0.2, 0.25) is 5.91 Å². The van der Waals surface area contributed by atoms with Crippen LogP contribution in [0, 0.1) is 6.92 Å². The minimum absolute atomic E-state index is 0.0798. The highest BCUT2D eigenvalue weighted by molar-refractivity contribution is 7.09. The number of rotatable bonds is 4. The number of methoxy groups -OCH3 is 1. The normalized spacial score (nSPS) is 13.8. The number of thiazole rings is 1. The summed E-state index contributed by atoms with van der Waals surface area (Å²) in [4.78, 5) is 22.9. The van der Waals surface area contributed by atoms with Crippen LogP contribution in [-0.2, 0) is 23.9 Å². The van der Waals surface area contributed by atoms with Gasteiger partial charge in [0.05, 0.1) is 42.0 Å². The van der Waals surface area contributed by atoms with Crippen molar-refractivity contribution in [1.29, 1.82) is 0 Å². The highest BCUT2D eigenvalue weighted by Crippen LogP contribution is 2.38. The summed E-state index contributed by atoms with van der Waals surface area (Å²) in [5.41, 5.74) is 1.53. The predicted octanol–water partition coefficient (Wildman–Crippen LogP) is 4.50. The summed E-state index contributed by atoms with van der Waals surface area (Å²) in [5.74, 6) is 0.871. The number of aromatic nitrogens is 2. The molecule has 0 saturated carbocycles. The first-order chi connectivity index (χ1) is 15.2. The minimum atomic E-state index is -4.46. The average molecular weight is 463 g/mol. The van der Waals surface area contributed by atoms with E-state index < -0.39 is 11.7 Å². The zero-order valence-corrected chi connectivity index (χ0v) is 18.2. The third kappa shape index (κ3) is 4.69. The van der Waals surface area contributed by atoms with Gasteiger partial charge in [-0.2, -0.15) is 13.2 Å². The maximum Gasteiger partial charge on any atom is 0.417 e. The van der Waals surface area contributed by atoms with Gasteiger partial charge in [0, 0.05) is 29.2 Å². The Morgan fingerprint density at radius 3 is 2.75 bits per heavy atom. The van der Waals surface area contributed by atoms with Gasteiger partial charge in [-0.05, 0) is 31.2 Å². The molecule has 4 rings (SSSR count). The van der Waals surface area contributed by atoms with E-state index in [1.165, 1.54) is 24.5 Å². The fourth-order valence-corrected chi connectivity index (χ4v) is 4.10. The summed E-state index contributed by atoms with van der Waals surface area (Å²) < 4.78 is 49.9. The molecule has 10 heteroatoms. The first-order valence-electron chi connectivity index (χ1n) is 9.80. The standard InChI is InChI=1S/C22H20F3N3O3S/c1-13-27-17(12-32-13)9-20(29)28-5-6-31-21-15(11-28)7-14(8-19(21)30-2)18-4-3-16(10-26-18)22(23,24)25/h3-4,7-8,10,12H,5-6,9,11H2,1-2H3. The molecule has 0 unspecified atom stereocenters. The average Bonchev–Trinajstić information content (AvgIpc) is 3.04. The Morgan fingerprint density at radius 1 is 1.31 bits per heavy atom. The molecule has 0 aliphatic carbocycles. The number of pyridine rings is 1. The molecule has 2 aromatic heterocycles. The van der Waals surface area contributed by atoms with Gasteiger partial charge in [-0.1, -0.05) is 0 Å². The van der Waals surface area contributed by atoms with Crippen LogP contribution in [-0.4, -0.2) is 41.0 Å². The number of hydrogen-bond donors (Lipinski definition) is 0. The molecule has 0 spiro atoms. The van der Waals surface area contributed by atoms with Crippen molar-refractivity contribution in [3.05, 3.63) is 57.7 Å². The number of amides is 1. The predicted molar refractivity (Wildman–Crippen MR) is 113 cm³/mol. The first-order valence-corrected chi connectivity index (χ1v) is 10.7. The van der Waals surface area contributed by atoms with Gasteiger partial charge in [-0.15, -0.1) is 11.3 Å². The lowest BCUT2D eigenvalue weighted by atomic mass is 10.0. The highest BCUT2D eigenvalue weighted by atomic mass is 32.1. The number of nitrogens with zero attached hydrogens (tertiary/aromatic N) is 3. The summed E-state index contributed by atoms with van der Waals surface area (Å²) in [6.45, 7) is 2.86. The van der Waals surface area contributed by atoms with E-state index in [0.29, 0.717) is 41.5 Å². The van der Waals surface area contributed by atoms with Crippen molar-refractivity contribution in [2.24, 2.45) is 0 Å². The Morgan fingerprint density at radius 2 is 2.12 bits per heavy atom. The zero-order valence-electron chi connectivity index (χ0n) is 17.4. The van der Waals surface area contributed by atoms with E-state index in [9.17, 15) is 18.0 Å². The van der Waals surface area contributed by atoms with Crippen LogP contribution >= 0.6 is 11.3 Å². The molecule has 32 heavy (non-hydrogen) atoms. The Labute approximate surface area is 186 Å². The number of aryl methyl sites for hydroxylation is 1. The molecule has 3 heterocycles. The van der Waals surface area contributed by atoms with Crippen LogP contribution < -0.4 is 9.47 Å². The Kier molecular flexibility index (Phi) is 6.05. The molecule has 0 fully saturated rings. The Balaban J connectivity index is 1.63. The third-order valence-corrected chi connectivity index (χ3v) is 5.88. The quantitative estimate of drug-likeness (QED) is 0.570. The van der Waals surface area contributed by atoms with E-state index in [4.69, 9.17) is 9.47 Å². The maximum atomic E-state index is 12.9. The lowest BCUT2D eigenvalue weighted by molar-refractivity contribution is -0.137. The highest BCUT2D eigenvalue weighted by Gasteiger charge is 2.31. The fourth-order valence-electron chi connectivity index (χ4n) is 3.48. The summed E-state index contributed by atoms with van der Waals surface area (Å²) in [7, 11) is 1.49. The molecule has 1 aromatic carbocycles. The first kappa shape index (κ1) is 22.1. The third-order valence-electron chi connectivity index (χ3n) is 5.06. The molecule has 3 aromatic rings. The van der Waals surface area contributed by atoms with Crippen molar-refractivity contribution in [1.82, 2.24) is 14.9 Å². The van der Waals surface area contributed by atoms with Crippen molar-refractivity contribution < 1.29 is 27.4 Å². The molecule has 0 radical (unpaired) electrons. The second-order valence-electron chi connectivity index (χ2n) is 7.30. The molecule has 168 valence electrons. The molecule has 0 N–H and O–H groups in total. The van der Waals surface area contributed by atoms with Crippen LogP contribution in [0.15, 0.2) is 35.8 Å². The van der Waals surface area contributed by atoms with Crippen molar-refractivity contribution >= 4 is 17.2 Å². The lowest BCUT2D eigenvalue weighted by Crippen LogP contribution is -2.33. The van der Waals surface area contributed by atoms with Gasteiger partial charge >= 0.3 is 6.18 Å². The van der Waals surface area contributed by atoms with Gasteiger partial charge in [0.15, 0.2) is 11.5 Å². The minimum Gasteiger partial charge on any atom is -0.493 e. The molecule has 0 atom stereocenters. The molecule has 0 saturated heterocycles. The Hall–Kier alpha value is -3.14. The number of carbonyl (C=O) groups excluding carboxylic acids is 1. The Bertz CT molecular complexity index is 1130. The summed E-state index contributed by atoms with van der Waals surface area (Å²) >= 11 is 1.49. The molecular formula is C22H20F3N3O3S. The number of carbonyl (C=O) groups is 1. The van der Waals surface area contributed by atoms with Crippen LogP contribution in [0.25, 0.3) is 11.3 Å². The van der Waals surface area contributed by atoms with E-state index >= 15 is 0 Å². The number of ether oxygens (including phenoxy) is 2. The van der Waals surface area contributed by atoms with E-state index in [0.717, 1.165) is 23.0 Å². The van der Waals surface area contributed by atoms with E-state index in [1.807, 2.05) is 12.3 Å². The topological polar surface area (TPSA) is 64.6 Å². The van der Waals surface area contributed by atoms with Crippen LogP contribution in [0.4, 0.5) is 13.2 Å². The second kappa shape index (κ2) is 8.78. The van der Waals surface area contributed by atoms with Gasteiger partial charge in [-0.3, -0.25) is 9.78 Å². The number of fused-ring (bicyclic) bond motifs is 1. The number of benzene rings is 1. The van der Waals surface area contributed by atoms with Crippen molar-refractivity contribution in [2.75, 3.05) is 20.3 Å². The number of hydrogen-bond acceptors (Lipinski definition) is 6. The number of alkyl halides is 3. The zero-order chi connectivity index (χ0) is 22.9. The number of halogens is 3. The van der Waals surface area contributed by atoms with Crippen molar-refractivity contribution in [3.8, 4) is 22.8 Å². The molecule has 1 amide bonds. The van der Waals surface area contributed by atoms with E-state index in [-0.39, 0.29) is 18.9 Å². The van der Waals surface area contributed by atoms with Gasteiger partial charge in [0.1, 0.15) is 6.61 Å². The van der Waals surface area contributed by atoms with Gasteiger partial charge in [0.25, 0.3) is 0 Å². The van der Waals surface area contributed by atoms with E-state index in [1.54, 1.807) is 17.0 Å². The van der Waals surface area contributed by atoms with Crippen LogP contribution in [0.3, 0.4) is 0 Å². The molecule has 1 aliphatic heterocycles. The van der Waals surface area contributed by atoms with Crippen LogP contribution in [0.2, 0.25) is 0 Å². The summed E-state index contributed by atoms with van der Waals surface area (Å²) in [6.07, 6.45) is -3.46. The van der Waals surface area contributed by atoms with E-state index in [2.05, 4.69) is 9.97 Å². The SMILES string of the molecule is COc1cc(-c2ccc(C(F)(F)F)cn2)cc2c1OCCN(C(=O)Cc1csc(C)n1)C2. The largest absolute Gasteiger partial charge is 0.493 e. The fraction of sp³-hybridized carbons (Fsp3) is 0.318. The van der Waals surface area contributed by atoms with Gasteiger partial charge < -0.3 is 14.4 Å². The smallest absolute Gasteiger partial charge is 0.417 e.